The molecule has 0 aromatic heterocycles. The van der Waals surface area contributed by atoms with Gasteiger partial charge in [-0.05, 0) is 12.8 Å². The lowest BCUT2D eigenvalue weighted by Gasteiger charge is -2.20. The molecule has 0 rings (SSSR count). The fourth-order valence-electron chi connectivity index (χ4n) is 5.64. The number of aliphatic hydroxyl groups is 2. The predicted molar refractivity (Wildman–Crippen MR) is 196 cm³/mol. The SMILES string of the molecule is CCCCCCCCCCCCCCCC(=O)OC[C@H](COP(=O)(O)OC[C@@H](O)CO)OC(=O)CCCCCCCCCCCCCCC. The molecule has 11 heteroatoms. The zero-order chi connectivity index (χ0) is 36.3. The summed E-state index contributed by atoms with van der Waals surface area (Å²) in [4.78, 5) is 34.8. The summed E-state index contributed by atoms with van der Waals surface area (Å²) in [5.74, 6) is -0.913. The number of phosphoric ester groups is 1. The first-order chi connectivity index (χ1) is 23.7. The van der Waals surface area contributed by atoms with E-state index in [2.05, 4.69) is 18.4 Å². The van der Waals surface area contributed by atoms with Crippen LogP contribution in [0.2, 0.25) is 0 Å². The molecule has 0 aliphatic rings. The van der Waals surface area contributed by atoms with Gasteiger partial charge in [0.05, 0.1) is 19.8 Å². The summed E-state index contributed by atoms with van der Waals surface area (Å²) in [6, 6.07) is 0. The molecule has 1 unspecified atom stereocenters. The molecule has 0 aliphatic carbocycles. The maximum Gasteiger partial charge on any atom is 0.472 e. The van der Waals surface area contributed by atoms with Crippen LogP contribution < -0.4 is 0 Å². The highest BCUT2D eigenvalue weighted by atomic mass is 31.2. The van der Waals surface area contributed by atoms with E-state index in [0.717, 1.165) is 38.5 Å². The number of carbonyl (C=O) groups excluding carboxylic acids is 2. The fraction of sp³-hybridized carbons (Fsp3) is 0.947. The normalized spacial score (nSPS) is 14.0. The minimum absolute atomic E-state index is 0.192. The van der Waals surface area contributed by atoms with Crippen molar-refractivity contribution in [3.8, 4) is 0 Å². The number of esters is 2. The second-order valence-corrected chi connectivity index (χ2v) is 15.1. The molecule has 0 saturated carbocycles. The minimum atomic E-state index is -4.60. The van der Waals surface area contributed by atoms with Crippen LogP contribution in [0.5, 0.6) is 0 Å². The third-order valence-corrected chi connectivity index (χ3v) is 9.71. The van der Waals surface area contributed by atoms with Gasteiger partial charge in [0, 0.05) is 12.8 Å². The van der Waals surface area contributed by atoms with Gasteiger partial charge in [-0.3, -0.25) is 18.6 Å². The van der Waals surface area contributed by atoms with E-state index in [0.29, 0.717) is 12.8 Å². The Morgan fingerprint density at radius 1 is 0.531 bits per heavy atom. The van der Waals surface area contributed by atoms with Crippen molar-refractivity contribution in [2.24, 2.45) is 0 Å². The maximum atomic E-state index is 12.5. The first kappa shape index (κ1) is 48.0. The lowest BCUT2D eigenvalue weighted by Crippen LogP contribution is -2.29. The highest BCUT2D eigenvalue weighted by molar-refractivity contribution is 7.47. The molecule has 0 saturated heterocycles. The van der Waals surface area contributed by atoms with Crippen molar-refractivity contribution in [3.05, 3.63) is 0 Å². The van der Waals surface area contributed by atoms with E-state index >= 15 is 0 Å². The molecule has 0 aliphatic heterocycles. The minimum Gasteiger partial charge on any atom is -0.462 e. The second-order valence-electron chi connectivity index (χ2n) is 13.7. The zero-order valence-electron chi connectivity index (χ0n) is 31.4. The van der Waals surface area contributed by atoms with Crippen LogP contribution in [0.4, 0.5) is 0 Å². The van der Waals surface area contributed by atoms with E-state index in [1.165, 1.54) is 116 Å². The Morgan fingerprint density at radius 3 is 1.27 bits per heavy atom. The monoisotopic (exact) mass is 723 g/mol. The van der Waals surface area contributed by atoms with Crippen molar-refractivity contribution in [1.82, 2.24) is 0 Å². The van der Waals surface area contributed by atoms with Crippen molar-refractivity contribution in [3.63, 3.8) is 0 Å². The molecule has 3 atom stereocenters. The van der Waals surface area contributed by atoms with Crippen molar-refractivity contribution < 1.29 is 47.8 Å². The van der Waals surface area contributed by atoms with Gasteiger partial charge in [0.1, 0.15) is 12.7 Å². The first-order valence-electron chi connectivity index (χ1n) is 20.0. The van der Waals surface area contributed by atoms with Gasteiger partial charge in [-0.1, -0.05) is 168 Å². The molecule has 0 radical (unpaired) electrons. The highest BCUT2D eigenvalue weighted by Gasteiger charge is 2.27. The van der Waals surface area contributed by atoms with Crippen LogP contribution in [0.15, 0.2) is 0 Å². The molecule has 0 spiro atoms. The number of unbranched alkanes of at least 4 members (excludes halogenated alkanes) is 24. The van der Waals surface area contributed by atoms with E-state index in [1.54, 1.807) is 0 Å². The van der Waals surface area contributed by atoms with Gasteiger partial charge in [-0.15, -0.1) is 0 Å². The summed E-state index contributed by atoms with van der Waals surface area (Å²) in [6.45, 7) is 2.39. The summed E-state index contributed by atoms with van der Waals surface area (Å²) in [6.07, 6.45) is 29.2. The van der Waals surface area contributed by atoms with Crippen LogP contribution in [0.3, 0.4) is 0 Å². The Bertz CT molecular complexity index is 796. The summed E-state index contributed by atoms with van der Waals surface area (Å²) in [5.41, 5.74) is 0. The standard InChI is InChI=1S/C38H75O10P/c1-3-5-7-9-11-13-15-17-19-21-23-25-27-29-37(41)45-33-36(34-47-49(43,44)46-32-35(40)31-39)48-38(42)30-28-26-24-22-20-18-16-14-12-10-8-6-4-2/h35-36,39-40H,3-34H2,1-2H3,(H,43,44)/t35-,36+/m0/s1. The largest absolute Gasteiger partial charge is 0.472 e. The summed E-state index contributed by atoms with van der Waals surface area (Å²) in [5, 5.41) is 18.3. The Hall–Kier alpha value is -1.03. The predicted octanol–water partition coefficient (Wildman–Crippen LogP) is 9.89. The zero-order valence-corrected chi connectivity index (χ0v) is 32.3. The van der Waals surface area contributed by atoms with Crippen molar-refractivity contribution in [2.75, 3.05) is 26.4 Å². The third-order valence-electron chi connectivity index (χ3n) is 8.76. The first-order valence-corrected chi connectivity index (χ1v) is 21.5. The topological polar surface area (TPSA) is 149 Å². The number of rotatable bonds is 38. The number of ether oxygens (including phenoxy) is 2. The quantitative estimate of drug-likeness (QED) is 0.0319. The van der Waals surface area contributed by atoms with Crippen molar-refractivity contribution in [2.45, 2.75) is 206 Å². The third kappa shape index (κ3) is 35.2. The van der Waals surface area contributed by atoms with Gasteiger partial charge in [0.25, 0.3) is 0 Å². The van der Waals surface area contributed by atoms with Gasteiger partial charge in [0.2, 0.25) is 0 Å². The van der Waals surface area contributed by atoms with E-state index in [1.807, 2.05) is 0 Å². The summed E-state index contributed by atoms with van der Waals surface area (Å²) < 4.78 is 32.6. The van der Waals surface area contributed by atoms with Gasteiger partial charge in [-0.2, -0.15) is 0 Å². The molecule has 0 aromatic rings. The Balaban J connectivity index is 4.31. The molecule has 3 N–H and O–H groups in total. The van der Waals surface area contributed by atoms with Crippen LogP contribution in [0.1, 0.15) is 194 Å². The smallest absolute Gasteiger partial charge is 0.462 e. The second kappa shape index (κ2) is 35.4. The number of carbonyl (C=O) groups is 2. The lowest BCUT2D eigenvalue weighted by atomic mass is 10.0. The molecule has 292 valence electrons. The number of hydrogen-bond acceptors (Lipinski definition) is 9. The van der Waals surface area contributed by atoms with Gasteiger partial charge in [-0.25, -0.2) is 4.57 Å². The molecule has 0 bridgehead atoms. The van der Waals surface area contributed by atoms with Crippen LogP contribution in [-0.2, 0) is 32.7 Å². The molecule has 0 fully saturated rings. The lowest BCUT2D eigenvalue weighted by molar-refractivity contribution is -0.161. The van der Waals surface area contributed by atoms with Crippen LogP contribution >= 0.6 is 7.82 Å². The van der Waals surface area contributed by atoms with E-state index < -0.39 is 51.8 Å². The molecular weight excluding hydrogens is 647 g/mol. The molecule has 0 amide bonds. The van der Waals surface area contributed by atoms with Crippen molar-refractivity contribution in [1.29, 1.82) is 0 Å². The van der Waals surface area contributed by atoms with Gasteiger partial charge < -0.3 is 24.6 Å². The number of hydrogen-bond donors (Lipinski definition) is 3. The van der Waals surface area contributed by atoms with E-state index in [9.17, 15) is 24.2 Å². The Morgan fingerprint density at radius 2 is 0.878 bits per heavy atom. The number of phosphoric acid groups is 1. The van der Waals surface area contributed by atoms with Gasteiger partial charge in [0.15, 0.2) is 6.10 Å². The number of aliphatic hydroxyl groups excluding tert-OH is 2. The molecule has 0 heterocycles. The molecular formula is C38H75O10P. The molecule has 10 nitrogen and oxygen atoms in total. The average molecular weight is 723 g/mol. The maximum absolute atomic E-state index is 12.5. The highest BCUT2D eigenvalue weighted by Crippen LogP contribution is 2.43. The molecule has 49 heavy (non-hydrogen) atoms. The van der Waals surface area contributed by atoms with Crippen LogP contribution in [-0.4, -0.2) is 65.7 Å². The summed E-state index contributed by atoms with van der Waals surface area (Å²) in [7, 11) is -4.60. The van der Waals surface area contributed by atoms with E-state index in [4.69, 9.17) is 19.1 Å². The average Bonchev–Trinajstić information content (AvgIpc) is 3.09. The van der Waals surface area contributed by atoms with Crippen molar-refractivity contribution >= 4 is 19.8 Å². The molecule has 0 aromatic carbocycles. The summed E-state index contributed by atoms with van der Waals surface area (Å²) >= 11 is 0. The van der Waals surface area contributed by atoms with E-state index in [-0.39, 0.29) is 19.4 Å². The van der Waals surface area contributed by atoms with Crippen LogP contribution in [0, 0.1) is 0 Å². The Kier molecular flexibility index (Phi) is 34.6. The van der Waals surface area contributed by atoms with Crippen LogP contribution in [0.25, 0.3) is 0 Å². The Labute approximate surface area is 299 Å². The van der Waals surface area contributed by atoms with Gasteiger partial charge >= 0.3 is 19.8 Å². The fourth-order valence-corrected chi connectivity index (χ4v) is 6.43.